The van der Waals surface area contributed by atoms with Crippen LogP contribution in [0.4, 0.5) is 5.69 Å². The number of benzene rings is 1. The van der Waals surface area contributed by atoms with Crippen LogP contribution in [-0.4, -0.2) is 18.2 Å². The number of rotatable bonds is 5. The number of unbranched alkanes of at least 4 members (excludes halogenated alkanes) is 1. The van der Waals surface area contributed by atoms with E-state index in [2.05, 4.69) is 5.32 Å². The quantitative estimate of drug-likeness (QED) is 0.495. The van der Waals surface area contributed by atoms with Gasteiger partial charge in [-0.05, 0) is 50.1 Å². The summed E-state index contributed by atoms with van der Waals surface area (Å²) in [4.78, 5) is 0. The maximum atomic E-state index is 9.20. The molecule has 0 unspecified atom stereocenters. The average molecular weight is 194 g/mol. The number of hydrogen-bond donors (Lipinski definition) is 3. The van der Waals surface area contributed by atoms with Gasteiger partial charge in [0.05, 0.1) is 0 Å². The van der Waals surface area contributed by atoms with E-state index in [0.29, 0.717) is 5.75 Å². The summed E-state index contributed by atoms with van der Waals surface area (Å²) < 4.78 is 0. The molecule has 0 saturated carbocycles. The van der Waals surface area contributed by atoms with E-state index < -0.39 is 0 Å². The SMILES string of the molecule is Cc1cc(O)ccc1NCCCCN. The van der Waals surface area contributed by atoms with E-state index in [1.54, 1.807) is 12.1 Å². The molecule has 0 fully saturated rings. The maximum absolute atomic E-state index is 9.20. The fraction of sp³-hybridized carbons (Fsp3) is 0.455. The zero-order chi connectivity index (χ0) is 10.4. The zero-order valence-electron chi connectivity index (χ0n) is 8.59. The van der Waals surface area contributed by atoms with Gasteiger partial charge in [-0.3, -0.25) is 0 Å². The Balaban J connectivity index is 2.42. The van der Waals surface area contributed by atoms with Gasteiger partial charge in [-0.15, -0.1) is 0 Å². The number of nitrogens with one attached hydrogen (secondary N) is 1. The van der Waals surface area contributed by atoms with Crippen molar-refractivity contribution in [3.8, 4) is 5.75 Å². The molecule has 0 atom stereocenters. The van der Waals surface area contributed by atoms with Crippen molar-refractivity contribution in [2.75, 3.05) is 18.4 Å². The van der Waals surface area contributed by atoms with Gasteiger partial charge in [0.15, 0.2) is 0 Å². The number of anilines is 1. The van der Waals surface area contributed by atoms with Crippen LogP contribution in [0.25, 0.3) is 0 Å². The molecule has 78 valence electrons. The van der Waals surface area contributed by atoms with E-state index in [-0.39, 0.29) is 0 Å². The van der Waals surface area contributed by atoms with Crippen molar-refractivity contribution in [3.63, 3.8) is 0 Å². The van der Waals surface area contributed by atoms with E-state index in [1.807, 2.05) is 13.0 Å². The predicted octanol–water partition coefficient (Wildman–Crippen LogP) is 1.85. The van der Waals surface area contributed by atoms with E-state index in [4.69, 9.17) is 5.73 Å². The first-order valence-corrected chi connectivity index (χ1v) is 4.97. The van der Waals surface area contributed by atoms with Crippen LogP contribution < -0.4 is 11.1 Å². The highest BCUT2D eigenvalue weighted by atomic mass is 16.3. The van der Waals surface area contributed by atoms with Crippen LogP contribution in [0.3, 0.4) is 0 Å². The number of hydrogen-bond acceptors (Lipinski definition) is 3. The van der Waals surface area contributed by atoms with E-state index in [0.717, 1.165) is 37.2 Å². The fourth-order valence-electron chi connectivity index (χ4n) is 1.34. The Morgan fingerprint density at radius 2 is 2.14 bits per heavy atom. The van der Waals surface area contributed by atoms with Crippen molar-refractivity contribution in [1.82, 2.24) is 0 Å². The molecule has 14 heavy (non-hydrogen) atoms. The molecule has 0 saturated heterocycles. The lowest BCUT2D eigenvalue weighted by atomic mass is 10.2. The third-order valence-corrected chi connectivity index (χ3v) is 2.16. The van der Waals surface area contributed by atoms with E-state index >= 15 is 0 Å². The Kier molecular flexibility index (Phi) is 4.26. The molecule has 0 radical (unpaired) electrons. The highest BCUT2D eigenvalue weighted by molar-refractivity contribution is 5.53. The van der Waals surface area contributed by atoms with Crippen LogP contribution in [0.1, 0.15) is 18.4 Å². The largest absolute Gasteiger partial charge is 0.508 e. The Hall–Kier alpha value is -1.22. The molecule has 1 rings (SSSR count). The zero-order valence-corrected chi connectivity index (χ0v) is 8.59. The molecule has 4 N–H and O–H groups in total. The summed E-state index contributed by atoms with van der Waals surface area (Å²) in [6.45, 7) is 3.66. The van der Waals surface area contributed by atoms with Gasteiger partial charge in [0, 0.05) is 12.2 Å². The maximum Gasteiger partial charge on any atom is 0.115 e. The molecular formula is C11H18N2O. The number of aromatic hydroxyl groups is 1. The lowest BCUT2D eigenvalue weighted by molar-refractivity contribution is 0.475. The average Bonchev–Trinajstić information content (AvgIpc) is 2.15. The molecule has 0 heterocycles. The Morgan fingerprint density at radius 1 is 1.36 bits per heavy atom. The smallest absolute Gasteiger partial charge is 0.115 e. The third kappa shape index (κ3) is 3.26. The Morgan fingerprint density at radius 3 is 2.79 bits per heavy atom. The second kappa shape index (κ2) is 5.50. The summed E-state index contributed by atoms with van der Waals surface area (Å²) in [6, 6.07) is 5.34. The van der Waals surface area contributed by atoms with Gasteiger partial charge >= 0.3 is 0 Å². The van der Waals surface area contributed by atoms with Crippen LogP contribution >= 0.6 is 0 Å². The van der Waals surface area contributed by atoms with Gasteiger partial charge in [-0.2, -0.15) is 0 Å². The molecule has 0 aliphatic rings. The second-order valence-corrected chi connectivity index (χ2v) is 3.42. The summed E-state index contributed by atoms with van der Waals surface area (Å²) in [7, 11) is 0. The Labute approximate surface area is 84.9 Å². The highest BCUT2D eigenvalue weighted by Crippen LogP contribution is 2.19. The first-order chi connectivity index (χ1) is 6.74. The summed E-state index contributed by atoms with van der Waals surface area (Å²) in [5, 5.41) is 12.5. The molecule has 3 nitrogen and oxygen atoms in total. The van der Waals surface area contributed by atoms with Crippen LogP contribution in [0.15, 0.2) is 18.2 Å². The number of nitrogens with two attached hydrogens (primary N) is 1. The van der Waals surface area contributed by atoms with Crippen molar-refractivity contribution in [3.05, 3.63) is 23.8 Å². The van der Waals surface area contributed by atoms with Crippen molar-refractivity contribution < 1.29 is 5.11 Å². The van der Waals surface area contributed by atoms with E-state index in [1.165, 1.54) is 0 Å². The second-order valence-electron chi connectivity index (χ2n) is 3.42. The number of phenolic OH excluding ortho intramolecular Hbond substituents is 1. The van der Waals surface area contributed by atoms with Gasteiger partial charge in [0.1, 0.15) is 5.75 Å². The molecule has 1 aromatic rings. The number of aryl methyl sites for hydroxylation is 1. The predicted molar refractivity (Wildman–Crippen MR) is 59.6 cm³/mol. The lowest BCUT2D eigenvalue weighted by Gasteiger charge is -2.09. The third-order valence-electron chi connectivity index (χ3n) is 2.16. The minimum absolute atomic E-state index is 0.315. The summed E-state index contributed by atoms with van der Waals surface area (Å²) in [6.07, 6.45) is 2.13. The first kappa shape index (κ1) is 10.9. The molecule has 3 heteroatoms. The lowest BCUT2D eigenvalue weighted by Crippen LogP contribution is -2.06. The summed E-state index contributed by atoms with van der Waals surface area (Å²) in [5.41, 5.74) is 7.55. The monoisotopic (exact) mass is 194 g/mol. The molecule has 0 bridgehead atoms. The van der Waals surface area contributed by atoms with Gasteiger partial charge in [0.2, 0.25) is 0 Å². The first-order valence-electron chi connectivity index (χ1n) is 4.97. The molecule has 0 spiro atoms. The van der Waals surface area contributed by atoms with Crippen LogP contribution in [0.5, 0.6) is 5.75 Å². The standard InChI is InChI=1S/C11H18N2O/c1-9-8-10(14)4-5-11(9)13-7-3-2-6-12/h4-5,8,13-14H,2-3,6-7,12H2,1H3. The normalized spacial score (nSPS) is 10.1. The van der Waals surface area contributed by atoms with Gasteiger partial charge in [-0.1, -0.05) is 0 Å². The molecule has 0 aliphatic heterocycles. The van der Waals surface area contributed by atoms with Crippen LogP contribution in [0, 0.1) is 6.92 Å². The number of phenols is 1. The van der Waals surface area contributed by atoms with Gasteiger partial charge in [0.25, 0.3) is 0 Å². The van der Waals surface area contributed by atoms with E-state index in [9.17, 15) is 5.11 Å². The Bertz CT molecular complexity index is 287. The topological polar surface area (TPSA) is 58.3 Å². The summed E-state index contributed by atoms with van der Waals surface area (Å²) >= 11 is 0. The molecule has 0 aromatic heterocycles. The minimum atomic E-state index is 0.315. The molecule has 0 amide bonds. The highest BCUT2D eigenvalue weighted by Gasteiger charge is 1.97. The van der Waals surface area contributed by atoms with Crippen molar-refractivity contribution in [2.24, 2.45) is 5.73 Å². The molecule has 0 aliphatic carbocycles. The molecule has 1 aromatic carbocycles. The van der Waals surface area contributed by atoms with Crippen molar-refractivity contribution >= 4 is 5.69 Å². The van der Waals surface area contributed by atoms with Crippen LogP contribution in [0.2, 0.25) is 0 Å². The van der Waals surface area contributed by atoms with Crippen molar-refractivity contribution in [2.45, 2.75) is 19.8 Å². The minimum Gasteiger partial charge on any atom is -0.508 e. The molecular weight excluding hydrogens is 176 g/mol. The van der Waals surface area contributed by atoms with Crippen molar-refractivity contribution in [1.29, 1.82) is 0 Å². The summed E-state index contributed by atoms with van der Waals surface area (Å²) in [5.74, 6) is 0.315. The fourth-order valence-corrected chi connectivity index (χ4v) is 1.34. The van der Waals surface area contributed by atoms with Gasteiger partial charge in [-0.25, -0.2) is 0 Å². The van der Waals surface area contributed by atoms with Gasteiger partial charge < -0.3 is 16.2 Å². The van der Waals surface area contributed by atoms with Crippen LogP contribution in [-0.2, 0) is 0 Å².